The standard InChI is InChI=1S/C9H12O3/c1-11-9(10)6-3-4-2-5(6)8-7(4)12-8/h4-8H,2-3H2,1H3. The van der Waals surface area contributed by atoms with Gasteiger partial charge in [-0.3, -0.25) is 4.79 Å². The minimum atomic E-state index is -0.0311. The lowest BCUT2D eigenvalue weighted by Crippen LogP contribution is -2.26. The molecule has 2 bridgehead atoms. The van der Waals surface area contributed by atoms with Gasteiger partial charge in [-0.1, -0.05) is 0 Å². The molecule has 0 amide bonds. The van der Waals surface area contributed by atoms with Gasteiger partial charge in [0.2, 0.25) is 0 Å². The highest BCUT2D eigenvalue weighted by atomic mass is 16.6. The SMILES string of the molecule is COC(=O)C1CC2CC1C1OC21. The third kappa shape index (κ3) is 0.678. The molecule has 2 aliphatic carbocycles. The lowest BCUT2D eigenvalue weighted by molar-refractivity contribution is -0.147. The van der Waals surface area contributed by atoms with E-state index in [4.69, 9.17) is 9.47 Å². The Morgan fingerprint density at radius 1 is 1.42 bits per heavy atom. The van der Waals surface area contributed by atoms with Crippen LogP contribution < -0.4 is 0 Å². The van der Waals surface area contributed by atoms with Gasteiger partial charge in [0.15, 0.2) is 0 Å². The summed E-state index contributed by atoms with van der Waals surface area (Å²) in [6.45, 7) is 0. The topological polar surface area (TPSA) is 38.8 Å². The fourth-order valence-electron chi connectivity index (χ4n) is 3.02. The first-order valence-corrected chi connectivity index (χ1v) is 4.54. The number of rotatable bonds is 1. The van der Waals surface area contributed by atoms with Crippen molar-refractivity contribution in [3.8, 4) is 0 Å². The number of carbonyl (C=O) groups is 1. The molecule has 1 saturated heterocycles. The molecular weight excluding hydrogens is 156 g/mol. The van der Waals surface area contributed by atoms with Gasteiger partial charge in [-0.05, 0) is 18.8 Å². The fraction of sp³-hybridized carbons (Fsp3) is 0.889. The largest absolute Gasteiger partial charge is 0.469 e. The van der Waals surface area contributed by atoms with E-state index in [1.165, 1.54) is 13.5 Å². The van der Waals surface area contributed by atoms with E-state index in [1.54, 1.807) is 0 Å². The van der Waals surface area contributed by atoms with Crippen LogP contribution in [0.15, 0.2) is 0 Å². The normalized spacial score (nSPS) is 53.6. The molecule has 0 aromatic rings. The second-order valence-corrected chi connectivity index (χ2v) is 4.09. The van der Waals surface area contributed by atoms with Gasteiger partial charge in [0.1, 0.15) is 0 Å². The Labute approximate surface area is 71.0 Å². The highest BCUT2D eigenvalue weighted by Crippen LogP contribution is 2.58. The molecule has 3 rings (SSSR count). The summed E-state index contributed by atoms with van der Waals surface area (Å²) in [6, 6.07) is 0. The van der Waals surface area contributed by atoms with E-state index in [9.17, 15) is 4.79 Å². The van der Waals surface area contributed by atoms with Crippen LogP contribution in [0.5, 0.6) is 0 Å². The summed E-state index contributed by atoms with van der Waals surface area (Å²) in [5.74, 6) is 1.25. The van der Waals surface area contributed by atoms with Crippen molar-refractivity contribution in [3.63, 3.8) is 0 Å². The number of methoxy groups -OCH3 is 1. The molecule has 0 aromatic carbocycles. The Kier molecular flexibility index (Phi) is 1.16. The summed E-state index contributed by atoms with van der Waals surface area (Å²) >= 11 is 0. The molecule has 3 fully saturated rings. The maximum Gasteiger partial charge on any atom is 0.309 e. The Hall–Kier alpha value is -0.570. The molecule has 5 atom stereocenters. The molecule has 3 heteroatoms. The first-order valence-electron chi connectivity index (χ1n) is 4.54. The summed E-state index contributed by atoms with van der Waals surface area (Å²) in [6.07, 6.45) is 3.11. The van der Waals surface area contributed by atoms with Crippen molar-refractivity contribution >= 4 is 5.97 Å². The van der Waals surface area contributed by atoms with E-state index in [2.05, 4.69) is 0 Å². The average Bonchev–Trinajstić information content (AvgIpc) is 2.71. The van der Waals surface area contributed by atoms with Gasteiger partial charge < -0.3 is 9.47 Å². The highest BCUT2D eigenvalue weighted by molar-refractivity contribution is 5.73. The minimum Gasteiger partial charge on any atom is -0.469 e. The number of hydrogen-bond acceptors (Lipinski definition) is 3. The van der Waals surface area contributed by atoms with Crippen molar-refractivity contribution in [2.45, 2.75) is 25.0 Å². The number of ether oxygens (including phenoxy) is 2. The number of esters is 1. The maximum atomic E-state index is 11.3. The van der Waals surface area contributed by atoms with E-state index in [0.29, 0.717) is 24.0 Å². The summed E-state index contributed by atoms with van der Waals surface area (Å²) in [5, 5.41) is 0. The van der Waals surface area contributed by atoms with Crippen LogP contribution in [0.1, 0.15) is 12.8 Å². The summed E-state index contributed by atoms with van der Waals surface area (Å²) in [5.41, 5.74) is 0. The van der Waals surface area contributed by atoms with Crippen LogP contribution in [0, 0.1) is 17.8 Å². The van der Waals surface area contributed by atoms with Crippen LogP contribution in [0.3, 0.4) is 0 Å². The summed E-state index contributed by atoms with van der Waals surface area (Å²) in [7, 11) is 1.47. The van der Waals surface area contributed by atoms with E-state index in [1.807, 2.05) is 0 Å². The van der Waals surface area contributed by atoms with Crippen LogP contribution in [0.25, 0.3) is 0 Å². The second kappa shape index (κ2) is 2.02. The average molecular weight is 168 g/mol. The third-order valence-corrected chi connectivity index (χ3v) is 3.60. The molecule has 0 aromatic heterocycles. The van der Waals surface area contributed by atoms with Crippen LogP contribution in [0.2, 0.25) is 0 Å². The first-order chi connectivity index (χ1) is 5.81. The molecule has 2 saturated carbocycles. The Morgan fingerprint density at radius 3 is 2.83 bits per heavy atom. The second-order valence-electron chi connectivity index (χ2n) is 4.09. The number of fused-ring (bicyclic) bond motifs is 5. The quantitative estimate of drug-likeness (QED) is 0.424. The molecule has 0 radical (unpaired) electrons. The molecule has 0 N–H and O–H groups in total. The maximum absolute atomic E-state index is 11.3. The highest BCUT2D eigenvalue weighted by Gasteiger charge is 2.64. The first kappa shape index (κ1) is 6.89. The van der Waals surface area contributed by atoms with Gasteiger partial charge in [-0.2, -0.15) is 0 Å². The Balaban J connectivity index is 1.80. The zero-order valence-corrected chi connectivity index (χ0v) is 7.03. The van der Waals surface area contributed by atoms with E-state index < -0.39 is 0 Å². The van der Waals surface area contributed by atoms with Gasteiger partial charge >= 0.3 is 5.97 Å². The lowest BCUT2D eigenvalue weighted by atomic mass is 9.89. The number of carbonyl (C=O) groups excluding carboxylic acids is 1. The van der Waals surface area contributed by atoms with Crippen LogP contribution in [-0.2, 0) is 14.3 Å². The third-order valence-electron chi connectivity index (χ3n) is 3.60. The predicted octanol–water partition coefficient (Wildman–Crippen LogP) is 0.583. The van der Waals surface area contributed by atoms with Crippen molar-refractivity contribution in [1.29, 1.82) is 0 Å². The van der Waals surface area contributed by atoms with Gasteiger partial charge in [-0.15, -0.1) is 0 Å². The fourth-order valence-corrected chi connectivity index (χ4v) is 3.02. The van der Waals surface area contributed by atoms with Gasteiger partial charge in [-0.25, -0.2) is 0 Å². The molecule has 12 heavy (non-hydrogen) atoms. The smallest absolute Gasteiger partial charge is 0.309 e. The molecule has 3 aliphatic rings. The van der Waals surface area contributed by atoms with Crippen LogP contribution in [0.4, 0.5) is 0 Å². The van der Waals surface area contributed by atoms with Crippen molar-refractivity contribution in [2.75, 3.05) is 7.11 Å². The van der Waals surface area contributed by atoms with E-state index >= 15 is 0 Å². The van der Waals surface area contributed by atoms with Gasteiger partial charge in [0.05, 0.1) is 25.2 Å². The van der Waals surface area contributed by atoms with Crippen molar-refractivity contribution in [1.82, 2.24) is 0 Å². The molecule has 5 unspecified atom stereocenters. The molecule has 66 valence electrons. The summed E-state index contributed by atoms with van der Waals surface area (Å²) < 4.78 is 10.2. The zero-order valence-electron chi connectivity index (χ0n) is 7.03. The Bertz CT molecular complexity index is 238. The van der Waals surface area contributed by atoms with Crippen LogP contribution in [-0.4, -0.2) is 25.3 Å². The van der Waals surface area contributed by atoms with E-state index in [0.717, 1.165) is 6.42 Å². The monoisotopic (exact) mass is 168 g/mol. The number of hydrogen-bond donors (Lipinski definition) is 0. The number of epoxide rings is 1. The Morgan fingerprint density at radius 2 is 2.25 bits per heavy atom. The van der Waals surface area contributed by atoms with Crippen molar-refractivity contribution in [2.24, 2.45) is 17.8 Å². The van der Waals surface area contributed by atoms with Crippen LogP contribution >= 0.6 is 0 Å². The molecule has 0 spiro atoms. The molecular formula is C9H12O3. The molecule has 1 aliphatic heterocycles. The minimum absolute atomic E-state index is 0.0311. The molecule has 3 nitrogen and oxygen atoms in total. The predicted molar refractivity (Wildman–Crippen MR) is 40.4 cm³/mol. The van der Waals surface area contributed by atoms with Gasteiger partial charge in [0.25, 0.3) is 0 Å². The zero-order chi connectivity index (χ0) is 8.29. The van der Waals surface area contributed by atoms with E-state index in [-0.39, 0.29) is 11.9 Å². The van der Waals surface area contributed by atoms with Crippen molar-refractivity contribution in [3.05, 3.63) is 0 Å². The summed E-state index contributed by atoms with van der Waals surface area (Å²) in [4.78, 5) is 11.3. The van der Waals surface area contributed by atoms with Crippen molar-refractivity contribution < 1.29 is 14.3 Å². The lowest BCUT2D eigenvalue weighted by Gasteiger charge is -2.15. The molecule has 1 heterocycles. The van der Waals surface area contributed by atoms with Gasteiger partial charge in [0, 0.05) is 5.92 Å².